The molecule has 1 saturated heterocycles. The lowest BCUT2D eigenvalue weighted by Gasteiger charge is -2.22. The largest absolute Gasteiger partial charge is 0.491 e. The van der Waals surface area contributed by atoms with E-state index < -0.39 is 17.7 Å². The summed E-state index contributed by atoms with van der Waals surface area (Å²) in [6.07, 6.45) is 0.977. The van der Waals surface area contributed by atoms with Gasteiger partial charge in [-0.2, -0.15) is 0 Å². The monoisotopic (exact) mass is 332 g/mol. The van der Waals surface area contributed by atoms with E-state index in [1.165, 1.54) is 0 Å². The Morgan fingerprint density at radius 1 is 1.38 bits per heavy atom. The van der Waals surface area contributed by atoms with Crippen molar-refractivity contribution in [1.82, 2.24) is 10.2 Å². The van der Waals surface area contributed by atoms with E-state index in [9.17, 15) is 14.7 Å². The number of imide groups is 1. The number of hydrogen-bond acceptors (Lipinski definition) is 4. The zero-order valence-electron chi connectivity index (χ0n) is 14.3. The van der Waals surface area contributed by atoms with E-state index in [1.807, 2.05) is 32.0 Å². The molecule has 24 heavy (non-hydrogen) atoms. The van der Waals surface area contributed by atoms with E-state index >= 15 is 0 Å². The van der Waals surface area contributed by atoms with Crippen molar-refractivity contribution in [3.8, 4) is 5.75 Å². The summed E-state index contributed by atoms with van der Waals surface area (Å²) in [7, 11) is 0. The third kappa shape index (κ3) is 3.11. The van der Waals surface area contributed by atoms with Crippen LogP contribution in [0.2, 0.25) is 0 Å². The Bertz CT molecular complexity index is 671. The quantitative estimate of drug-likeness (QED) is 0.778. The fraction of sp³-hybridized carbons (Fsp3) is 0.556. The topological polar surface area (TPSA) is 78.9 Å². The zero-order valence-corrected chi connectivity index (χ0v) is 14.3. The van der Waals surface area contributed by atoms with Gasteiger partial charge in [-0.05, 0) is 56.7 Å². The summed E-state index contributed by atoms with van der Waals surface area (Å²) in [6.45, 7) is 5.64. The third-order valence-electron chi connectivity index (χ3n) is 4.86. The van der Waals surface area contributed by atoms with Gasteiger partial charge in [-0.3, -0.25) is 9.69 Å². The van der Waals surface area contributed by atoms with Crippen LogP contribution < -0.4 is 10.1 Å². The number of amides is 3. The molecule has 1 aromatic rings. The molecule has 0 spiro atoms. The first kappa shape index (κ1) is 16.8. The Morgan fingerprint density at radius 2 is 2.08 bits per heavy atom. The molecule has 1 aliphatic carbocycles. The Labute approximate surface area is 141 Å². The van der Waals surface area contributed by atoms with Crippen molar-refractivity contribution in [3.63, 3.8) is 0 Å². The molecule has 2 fully saturated rings. The number of aliphatic hydroxyl groups is 1. The Hall–Kier alpha value is -2.08. The summed E-state index contributed by atoms with van der Waals surface area (Å²) in [5.74, 6) is 0.664. The minimum absolute atomic E-state index is 0.0293. The molecule has 0 aromatic heterocycles. The molecule has 3 rings (SSSR count). The Morgan fingerprint density at radius 3 is 2.75 bits per heavy atom. The second kappa shape index (κ2) is 6.09. The van der Waals surface area contributed by atoms with Crippen LogP contribution in [0, 0.1) is 19.8 Å². The molecule has 130 valence electrons. The fourth-order valence-corrected chi connectivity index (χ4v) is 3.13. The molecule has 6 heteroatoms. The summed E-state index contributed by atoms with van der Waals surface area (Å²) in [6, 6.07) is 5.42. The predicted octanol–water partition coefficient (Wildman–Crippen LogP) is 1.76. The molecule has 2 atom stereocenters. The van der Waals surface area contributed by atoms with Crippen molar-refractivity contribution in [3.05, 3.63) is 29.3 Å². The van der Waals surface area contributed by atoms with Crippen LogP contribution in [0.15, 0.2) is 18.2 Å². The van der Waals surface area contributed by atoms with Crippen LogP contribution in [0.4, 0.5) is 4.79 Å². The maximum Gasteiger partial charge on any atom is 0.325 e. The van der Waals surface area contributed by atoms with Gasteiger partial charge in [0.25, 0.3) is 5.91 Å². The van der Waals surface area contributed by atoms with Gasteiger partial charge in [-0.25, -0.2) is 4.79 Å². The first-order valence-corrected chi connectivity index (χ1v) is 8.33. The van der Waals surface area contributed by atoms with Gasteiger partial charge in [0.05, 0.1) is 6.54 Å². The highest BCUT2D eigenvalue weighted by Crippen LogP contribution is 2.42. The number of benzene rings is 1. The number of carbonyl (C=O) groups excluding carboxylic acids is 2. The molecular weight excluding hydrogens is 308 g/mol. The smallest absolute Gasteiger partial charge is 0.325 e. The minimum Gasteiger partial charge on any atom is -0.491 e. The lowest BCUT2D eigenvalue weighted by atomic mass is 9.96. The number of β-amino-alcohol motifs (C(OH)–C–C–N with tert-alkyl or cyclic N) is 1. The van der Waals surface area contributed by atoms with Crippen LogP contribution in [-0.2, 0) is 4.79 Å². The number of carbonyl (C=O) groups is 2. The average Bonchev–Trinajstić information content (AvgIpc) is 3.34. The molecule has 1 aliphatic heterocycles. The highest BCUT2D eigenvalue weighted by molar-refractivity contribution is 6.07. The van der Waals surface area contributed by atoms with E-state index in [0.29, 0.717) is 5.75 Å². The van der Waals surface area contributed by atoms with E-state index in [0.717, 1.165) is 28.9 Å². The highest BCUT2D eigenvalue weighted by atomic mass is 16.5. The molecule has 3 amide bonds. The van der Waals surface area contributed by atoms with Crippen molar-refractivity contribution in [2.75, 3.05) is 13.2 Å². The Balaban J connectivity index is 1.58. The van der Waals surface area contributed by atoms with E-state index in [-0.39, 0.29) is 25.0 Å². The molecule has 2 aliphatic rings. The normalized spacial score (nSPS) is 24.9. The van der Waals surface area contributed by atoms with Gasteiger partial charge in [0.1, 0.15) is 24.0 Å². The standard InChI is InChI=1S/C18H24N2O4/c1-11-4-5-12(2)15(8-11)24-10-14(21)9-20-16(22)18(3,13-6-7-13)19-17(20)23/h4-5,8,13-14,21H,6-7,9-10H2,1-3H3,(H,19,23). The van der Waals surface area contributed by atoms with E-state index in [4.69, 9.17) is 4.74 Å². The van der Waals surface area contributed by atoms with Crippen LogP contribution in [0.5, 0.6) is 5.75 Å². The van der Waals surface area contributed by atoms with Crippen molar-refractivity contribution in [2.45, 2.75) is 45.3 Å². The fourth-order valence-electron chi connectivity index (χ4n) is 3.13. The van der Waals surface area contributed by atoms with E-state index in [2.05, 4.69) is 5.32 Å². The maximum absolute atomic E-state index is 12.5. The predicted molar refractivity (Wildman–Crippen MR) is 88.8 cm³/mol. The van der Waals surface area contributed by atoms with Gasteiger partial charge in [0, 0.05) is 0 Å². The molecule has 1 heterocycles. The number of nitrogens with one attached hydrogen (secondary N) is 1. The van der Waals surface area contributed by atoms with E-state index in [1.54, 1.807) is 6.92 Å². The minimum atomic E-state index is -0.929. The van der Waals surface area contributed by atoms with Crippen LogP contribution in [0.1, 0.15) is 30.9 Å². The molecule has 0 bridgehead atoms. The van der Waals surface area contributed by atoms with Crippen molar-refractivity contribution >= 4 is 11.9 Å². The second-order valence-corrected chi connectivity index (χ2v) is 7.06. The molecule has 1 saturated carbocycles. The molecule has 1 aromatic carbocycles. The lowest BCUT2D eigenvalue weighted by Crippen LogP contribution is -2.46. The number of hydrogen-bond donors (Lipinski definition) is 2. The number of aliphatic hydroxyl groups excluding tert-OH is 1. The Kier molecular flexibility index (Phi) is 4.25. The SMILES string of the molecule is Cc1ccc(C)c(OCC(O)CN2C(=O)NC(C)(C3CC3)C2=O)c1. The molecule has 6 nitrogen and oxygen atoms in total. The molecule has 2 N–H and O–H groups in total. The average molecular weight is 332 g/mol. The van der Waals surface area contributed by atoms with Crippen molar-refractivity contribution in [1.29, 1.82) is 0 Å². The number of nitrogens with zero attached hydrogens (tertiary/aromatic N) is 1. The molecular formula is C18H24N2O4. The first-order valence-electron chi connectivity index (χ1n) is 8.33. The number of urea groups is 1. The number of aryl methyl sites for hydroxylation is 2. The zero-order chi connectivity index (χ0) is 17.5. The maximum atomic E-state index is 12.5. The van der Waals surface area contributed by atoms with Crippen molar-refractivity contribution < 1.29 is 19.4 Å². The van der Waals surface area contributed by atoms with Gasteiger partial charge in [0.2, 0.25) is 0 Å². The van der Waals surface area contributed by atoms with Crippen molar-refractivity contribution in [2.24, 2.45) is 5.92 Å². The van der Waals surface area contributed by atoms with Gasteiger partial charge in [-0.1, -0.05) is 12.1 Å². The number of rotatable bonds is 6. The summed E-state index contributed by atoms with van der Waals surface area (Å²) in [4.78, 5) is 25.7. The van der Waals surface area contributed by atoms with Gasteiger partial charge < -0.3 is 15.2 Å². The van der Waals surface area contributed by atoms with Crippen LogP contribution >= 0.6 is 0 Å². The summed E-state index contributed by atoms with van der Waals surface area (Å²) >= 11 is 0. The van der Waals surface area contributed by atoms with Crippen LogP contribution in [0.3, 0.4) is 0 Å². The molecule has 0 radical (unpaired) electrons. The van der Waals surface area contributed by atoms with Gasteiger partial charge >= 0.3 is 6.03 Å². The van der Waals surface area contributed by atoms with Gasteiger partial charge in [0.15, 0.2) is 0 Å². The third-order valence-corrected chi connectivity index (χ3v) is 4.86. The first-order chi connectivity index (χ1) is 11.3. The van der Waals surface area contributed by atoms with Crippen LogP contribution in [-0.4, -0.2) is 46.7 Å². The molecule has 2 unspecified atom stereocenters. The summed E-state index contributed by atoms with van der Waals surface area (Å²) in [5.41, 5.74) is 1.23. The second-order valence-electron chi connectivity index (χ2n) is 7.06. The highest BCUT2D eigenvalue weighted by Gasteiger charge is 2.56. The summed E-state index contributed by atoms with van der Waals surface area (Å²) in [5, 5.41) is 13.0. The van der Waals surface area contributed by atoms with Crippen LogP contribution in [0.25, 0.3) is 0 Å². The summed E-state index contributed by atoms with van der Waals surface area (Å²) < 4.78 is 5.65. The number of ether oxygens (including phenoxy) is 1. The lowest BCUT2D eigenvalue weighted by molar-refractivity contribution is -0.132. The van der Waals surface area contributed by atoms with Gasteiger partial charge in [-0.15, -0.1) is 0 Å².